The summed E-state index contributed by atoms with van der Waals surface area (Å²) in [6.45, 7) is 0. The van der Waals surface area contributed by atoms with Crippen molar-refractivity contribution in [3.63, 3.8) is 0 Å². The monoisotopic (exact) mass is 461 g/mol. The molecule has 0 saturated heterocycles. The van der Waals surface area contributed by atoms with Gasteiger partial charge in [0.15, 0.2) is 11.6 Å². The van der Waals surface area contributed by atoms with Crippen molar-refractivity contribution in [3.05, 3.63) is 115 Å². The molecule has 9 nitrogen and oxygen atoms in total. The van der Waals surface area contributed by atoms with Gasteiger partial charge < -0.3 is 4.90 Å². The molecule has 0 bridgehead atoms. The Morgan fingerprint density at radius 3 is 1.64 bits per heavy atom. The Balaban J connectivity index is 1.82. The maximum atomic E-state index is 13.5. The molecule has 3 aromatic carbocycles. The lowest BCUT2D eigenvalue weighted by atomic mass is 9.96. The van der Waals surface area contributed by atoms with E-state index >= 15 is 0 Å². The fourth-order valence-electron chi connectivity index (χ4n) is 3.38. The molecule has 0 atom stereocenters. The largest absolute Gasteiger partial charge is 0.337 e. The SMILES string of the molecule is CN1C(=C(C(=O)c2ccc([N+](=O)[O-])cc2)C(=O)c2ccc([N+](=O)[O-])cc2)Sc2ccccc21. The van der Waals surface area contributed by atoms with Gasteiger partial charge in [0.05, 0.1) is 20.6 Å². The normalized spacial score (nSPS) is 12.3. The van der Waals surface area contributed by atoms with Crippen LogP contribution in [0.2, 0.25) is 0 Å². The topological polar surface area (TPSA) is 124 Å². The molecular weight excluding hydrogens is 446 g/mol. The van der Waals surface area contributed by atoms with Crippen LogP contribution in [0.15, 0.2) is 88.3 Å². The second kappa shape index (κ2) is 8.67. The molecule has 33 heavy (non-hydrogen) atoms. The van der Waals surface area contributed by atoms with Crippen LogP contribution in [0, 0.1) is 20.2 Å². The molecule has 3 aromatic rings. The van der Waals surface area contributed by atoms with Crippen LogP contribution >= 0.6 is 11.8 Å². The third kappa shape index (κ3) is 4.11. The number of allylic oxidation sites excluding steroid dienone is 1. The minimum absolute atomic E-state index is 0.114. The second-order valence-electron chi connectivity index (χ2n) is 7.08. The molecule has 10 heteroatoms. The number of carbonyl (C=O) groups is 2. The van der Waals surface area contributed by atoms with E-state index in [0.29, 0.717) is 5.03 Å². The highest BCUT2D eigenvalue weighted by Gasteiger charge is 2.33. The number of non-ortho nitro benzene ring substituents is 2. The summed E-state index contributed by atoms with van der Waals surface area (Å²) in [6.07, 6.45) is 0. The van der Waals surface area contributed by atoms with Crippen LogP contribution in [0.3, 0.4) is 0 Å². The van der Waals surface area contributed by atoms with Crippen molar-refractivity contribution >= 4 is 40.4 Å². The zero-order valence-corrected chi connectivity index (χ0v) is 17.9. The van der Waals surface area contributed by atoms with Crippen molar-refractivity contribution < 1.29 is 19.4 Å². The second-order valence-corrected chi connectivity index (χ2v) is 8.11. The summed E-state index contributed by atoms with van der Waals surface area (Å²) in [4.78, 5) is 50.4. The third-order valence-electron chi connectivity index (χ3n) is 5.09. The zero-order valence-electron chi connectivity index (χ0n) is 17.1. The van der Waals surface area contributed by atoms with Gasteiger partial charge in [0.1, 0.15) is 5.57 Å². The van der Waals surface area contributed by atoms with Crippen LogP contribution in [-0.2, 0) is 0 Å². The number of para-hydroxylation sites is 1. The molecule has 1 aliphatic rings. The van der Waals surface area contributed by atoms with Crippen LogP contribution in [0.4, 0.5) is 17.1 Å². The molecule has 0 aromatic heterocycles. The van der Waals surface area contributed by atoms with Gasteiger partial charge in [0.25, 0.3) is 11.4 Å². The molecule has 0 spiro atoms. The average Bonchev–Trinajstić information content (AvgIpc) is 3.15. The highest BCUT2D eigenvalue weighted by molar-refractivity contribution is 8.03. The maximum Gasteiger partial charge on any atom is 0.269 e. The van der Waals surface area contributed by atoms with Crippen LogP contribution in [-0.4, -0.2) is 28.5 Å². The van der Waals surface area contributed by atoms with Gasteiger partial charge in [0, 0.05) is 47.3 Å². The van der Waals surface area contributed by atoms with E-state index in [1.807, 2.05) is 24.3 Å². The van der Waals surface area contributed by atoms with Gasteiger partial charge in [-0.1, -0.05) is 23.9 Å². The fraction of sp³-hybridized carbons (Fsp3) is 0.0435. The number of ketones is 2. The summed E-state index contributed by atoms with van der Waals surface area (Å²) >= 11 is 1.26. The molecule has 0 saturated carbocycles. The number of Topliss-reactive ketones (excluding diaryl/α,β-unsaturated/α-hetero) is 2. The molecule has 4 rings (SSSR count). The van der Waals surface area contributed by atoms with Crippen LogP contribution in [0.5, 0.6) is 0 Å². The van der Waals surface area contributed by atoms with Gasteiger partial charge in [-0.15, -0.1) is 0 Å². The van der Waals surface area contributed by atoms with E-state index in [0.717, 1.165) is 10.6 Å². The van der Waals surface area contributed by atoms with E-state index in [4.69, 9.17) is 0 Å². The quantitative estimate of drug-likeness (QED) is 0.125. The molecular formula is C23H15N3O6S. The van der Waals surface area contributed by atoms with Crippen molar-refractivity contribution in [2.45, 2.75) is 4.90 Å². The van der Waals surface area contributed by atoms with Crippen molar-refractivity contribution in [1.29, 1.82) is 0 Å². The summed E-state index contributed by atoms with van der Waals surface area (Å²) in [5, 5.41) is 22.3. The lowest BCUT2D eigenvalue weighted by molar-refractivity contribution is -0.385. The number of nitro groups is 2. The number of nitrogens with zero attached hydrogens (tertiary/aromatic N) is 3. The summed E-state index contributed by atoms with van der Waals surface area (Å²) in [5.74, 6) is -1.20. The zero-order chi connectivity index (χ0) is 23.7. The molecule has 1 aliphatic heterocycles. The number of benzene rings is 3. The Morgan fingerprint density at radius 2 is 1.21 bits per heavy atom. The van der Waals surface area contributed by atoms with Crippen molar-refractivity contribution in [2.24, 2.45) is 0 Å². The predicted octanol–water partition coefficient (Wildman–Crippen LogP) is 5.02. The van der Waals surface area contributed by atoms with Crippen LogP contribution in [0.25, 0.3) is 0 Å². The molecule has 0 N–H and O–H groups in total. The van der Waals surface area contributed by atoms with E-state index in [1.54, 1.807) is 11.9 Å². The third-order valence-corrected chi connectivity index (χ3v) is 6.32. The highest BCUT2D eigenvalue weighted by atomic mass is 32.2. The van der Waals surface area contributed by atoms with Crippen molar-refractivity contribution in [3.8, 4) is 0 Å². The number of thioether (sulfide) groups is 1. The Hall–Kier alpha value is -4.31. The van der Waals surface area contributed by atoms with E-state index in [-0.39, 0.29) is 28.1 Å². The Morgan fingerprint density at radius 1 is 0.758 bits per heavy atom. The standard InChI is InChI=1S/C23H15N3O6S/c1-24-18-4-2-3-5-19(18)33-23(24)20(21(27)14-6-10-16(11-7-14)25(29)30)22(28)15-8-12-17(13-9-15)26(31)32/h2-13H,1H3. The first kappa shape index (κ1) is 21.9. The molecule has 164 valence electrons. The van der Waals surface area contributed by atoms with Crippen molar-refractivity contribution in [2.75, 3.05) is 11.9 Å². The van der Waals surface area contributed by atoms with Crippen LogP contribution < -0.4 is 4.90 Å². The summed E-state index contributed by atoms with van der Waals surface area (Å²) in [5.41, 5.74) is 0.570. The first-order chi connectivity index (χ1) is 15.8. The predicted molar refractivity (Wildman–Crippen MR) is 123 cm³/mol. The first-order valence-corrected chi connectivity index (χ1v) is 10.4. The highest BCUT2D eigenvalue weighted by Crippen LogP contribution is 2.47. The molecule has 0 amide bonds. The minimum atomic E-state index is -0.601. The Bertz CT molecular complexity index is 1260. The van der Waals surface area contributed by atoms with Crippen molar-refractivity contribution in [1.82, 2.24) is 0 Å². The van der Waals surface area contributed by atoms with Gasteiger partial charge in [-0.05, 0) is 36.4 Å². The number of fused-ring (bicyclic) bond motifs is 1. The number of nitro benzene ring substituents is 2. The molecule has 1 heterocycles. The van der Waals surface area contributed by atoms with E-state index in [2.05, 4.69) is 0 Å². The molecule has 0 radical (unpaired) electrons. The lowest BCUT2D eigenvalue weighted by Gasteiger charge is -2.17. The summed E-state index contributed by atoms with van der Waals surface area (Å²) < 4.78 is 0. The fourth-order valence-corrected chi connectivity index (χ4v) is 4.56. The Kier molecular flexibility index (Phi) is 5.76. The number of rotatable bonds is 6. The van der Waals surface area contributed by atoms with Gasteiger partial charge in [-0.3, -0.25) is 29.8 Å². The first-order valence-electron chi connectivity index (χ1n) is 9.61. The molecule has 0 unspecified atom stereocenters. The number of hydrogen-bond acceptors (Lipinski definition) is 8. The number of carbonyl (C=O) groups excluding carboxylic acids is 2. The number of anilines is 1. The van der Waals surface area contributed by atoms with E-state index < -0.39 is 21.4 Å². The smallest absolute Gasteiger partial charge is 0.269 e. The van der Waals surface area contributed by atoms with E-state index in [1.165, 1.54) is 60.3 Å². The van der Waals surface area contributed by atoms with E-state index in [9.17, 15) is 29.8 Å². The molecule has 0 aliphatic carbocycles. The summed E-state index contributed by atoms with van der Waals surface area (Å²) in [6, 6.07) is 17.4. The van der Waals surface area contributed by atoms with Crippen LogP contribution in [0.1, 0.15) is 20.7 Å². The lowest BCUT2D eigenvalue weighted by Crippen LogP contribution is -2.21. The maximum absolute atomic E-state index is 13.5. The van der Waals surface area contributed by atoms with Gasteiger partial charge >= 0.3 is 0 Å². The average molecular weight is 461 g/mol. The minimum Gasteiger partial charge on any atom is -0.337 e. The summed E-state index contributed by atoms with van der Waals surface area (Å²) in [7, 11) is 1.74. The Labute approximate surface area is 191 Å². The number of hydrogen-bond donors (Lipinski definition) is 0. The van der Waals surface area contributed by atoms with Gasteiger partial charge in [-0.2, -0.15) is 0 Å². The van der Waals surface area contributed by atoms with Gasteiger partial charge in [-0.25, -0.2) is 0 Å². The van der Waals surface area contributed by atoms with Gasteiger partial charge in [0.2, 0.25) is 0 Å². The molecule has 0 fully saturated rings.